The highest BCUT2D eigenvalue weighted by Crippen LogP contribution is 2.10. The maximum absolute atomic E-state index is 12.3. The lowest BCUT2D eigenvalue weighted by atomic mass is 10.1. The van der Waals surface area contributed by atoms with Gasteiger partial charge in [-0.2, -0.15) is 0 Å². The number of hydrogen-bond acceptors (Lipinski definition) is 4. The molecule has 1 unspecified atom stereocenters. The van der Waals surface area contributed by atoms with Crippen LogP contribution in [-0.4, -0.2) is 72.7 Å². The van der Waals surface area contributed by atoms with E-state index in [0.717, 1.165) is 5.56 Å². The van der Waals surface area contributed by atoms with Crippen LogP contribution < -0.4 is 0 Å². The summed E-state index contributed by atoms with van der Waals surface area (Å²) in [5.41, 5.74) is 0.999. The monoisotopic (exact) mass is 306 g/mol. The van der Waals surface area contributed by atoms with E-state index in [0.29, 0.717) is 32.7 Å². The van der Waals surface area contributed by atoms with Gasteiger partial charge < -0.3 is 14.7 Å². The van der Waals surface area contributed by atoms with Crippen molar-refractivity contribution in [3.05, 3.63) is 35.9 Å². The Labute approximate surface area is 130 Å². The number of likely N-dealkylation sites (N-methyl/N-ethyl adjacent to an activating group) is 1. The Morgan fingerprint density at radius 1 is 1.36 bits per heavy atom. The Morgan fingerprint density at radius 3 is 2.77 bits per heavy atom. The van der Waals surface area contributed by atoms with Crippen molar-refractivity contribution in [2.45, 2.75) is 12.5 Å². The maximum Gasteiger partial charge on any atom is 0.317 e. The topological polar surface area (TPSA) is 70.1 Å². The summed E-state index contributed by atoms with van der Waals surface area (Å²) < 4.78 is 5.63. The molecule has 0 radical (unpaired) electrons. The lowest BCUT2D eigenvalue weighted by Gasteiger charge is -2.34. The van der Waals surface area contributed by atoms with Crippen molar-refractivity contribution in [2.75, 3.05) is 39.8 Å². The van der Waals surface area contributed by atoms with Crippen LogP contribution in [0.3, 0.4) is 0 Å². The normalized spacial score (nSPS) is 18.5. The highest BCUT2D eigenvalue weighted by atomic mass is 16.5. The van der Waals surface area contributed by atoms with E-state index in [4.69, 9.17) is 9.84 Å². The molecule has 0 aliphatic carbocycles. The van der Waals surface area contributed by atoms with E-state index in [-0.39, 0.29) is 18.6 Å². The molecule has 0 saturated carbocycles. The average molecular weight is 306 g/mol. The van der Waals surface area contributed by atoms with Crippen molar-refractivity contribution < 1.29 is 19.4 Å². The first-order valence-electron chi connectivity index (χ1n) is 7.38. The van der Waals surface area contributed by atoms with Gasteiger partial charge in [0.25, 0.3) is 0 Å². The number of morpholine rings is 1. The molecular formula is C16H22N2O4. The van der Waals surface area contributed by atoms with Crippen LogP contribution in [0.1, 0.15) is 5.56 Å². The molecule has 1 aromatic carbocycles. The molecule has 1 heterocycles. The number of nitrogens with zero attached hydrogens (tertiary/aromatic N) is 2. The molecular weight excluding hydrogens is 284 g/mol. The lowest BCUT2D eigenvalue weighted by molar-refractivity contribution is -0.142. The van der Waals surface area contributed by atoms with Crippen molar-refractivity contribution >= 4 is 11.9 Å². The molecule has 0 spiro atoms. The van der Waals surface area contributed by atoms with Gasteiger partial charge in [-0.15, -0.1) is 0 Å². The molecule has 1 fully saturated rings. The molecule has 1 aliphatic rings. The van der Waals surface area contributed by atoms with Crippen molar-refractivity contribution in [3.8, 4) is 0 Å². The summed E-state index contributed by atoms with van der Waals surface area (Å²) in [7, 11) is 1.74. The minimum absolute atomic E-state index is 0.0299. The highest BCUT2D eigenvalue weighted by molar-refractivity contribution is 5.78. The molecule has 22 heavy (non-hydrogen) atoms. The summed E-state index contributed by atoms with van der Waals surface area (Å²) >= 11 is 0. The van der Waals surface area contributed by atoms with Crippen LogP contribution in [0.4, 0.5) is 0 Å². The fraction of sp³-hybridized carbons (Fsp3) is 0.500. The van der Waals surface area contributed by atoms with Crippen LogP contribution in [0.5, 0.6) is 0 Å². The third kappa shape index (κ3) is 5.13. The zero-order valence-electron chi connectivity index (χ0n) is 12.8. The Morgan fingerprint density at radius 2 is 2.09 bits per heavy atom. The van der Waals surface area contributed by atoms with E-state index in [2.05, 4.69) is 0 Å². The zero-order chi connectivity index (χ0) is 15.9. The molecule has 2 rings (SSSR count). The molecule has 1 atom stereocenters. The largest absolute Gasteiger partial charge is 0.480 e. The van der Waals surface area contributed by atoms with Gasteiger partial charge in [0, 0.05) is 19.6 Å². The fourth-order valence-corrected chi connectivity index (χ4v) is 2.58. The van der Waals surface area contributed by atoms with Crippen LogP contribution >= 0.6 is 0 Å². The second kappa shape index (κ2) is 7.91. The van der Waals surface area contributed by atoms with E-state index in [1.165, 1.54) is 0 Å². The molecule has 6 heteroatoms. The maximum atomic E-state index is 12.3. The molecule has 6 nitrogen and oxygen atoms in total. The van der Waals surface area contributed by atoms with Gasteiger partial charge in [0.05, 0.1) is 25.7 Å². The van der Waals surface area contributed by atoms with E-state index in [9.17, 15) is 9.59 Å². The van der Waals surface area contributed by atoms with E-state index in [1.54, 1.807) is 16.8 Å². The summed E-state index contributed by atoms with van der Waals surface area (Å²) in [4.78, 5) is 26.5. The van der Waals surface area contributed by atoms with Gasteiger partial charge in [-0.05, 0) is 12.6 Å². The van der Waals surface area contributed by atoms with E-state index in [1.807, 2.05) is 30.3 Å². The number of ether oxygens (including phenoxy) is 1. The summed E-state index contributed by atoms with van der Waals surface area (Å²) in [5.74, 6) is -0.782. The summed E-state index contributed by atoms with van der Waals surface area (Å²) in [6.07, 6.45) is 0.247. The second-order valence-electron chi connectivity index (χ2n) is 5.59. The third-order valence-corrected chi connectivity index (χ3v) is 3.61. The van der Waals surface area contributed by atoms with Crippen molar-refractivity contribution in [1.29, 1.82) is 0 Å². The van der Waals surface area contributed by atoms with Crippen molar-refractivity contribution in [2.24, 2.45) is 0 Å². The Kier molecular flexibility index (Phi) is 5.91. The Balaban J connectivity index is 1.84. The second-order valence-corrected chi connectivity index (χ2v) is 5.59. The summed E-state index contributed by atoms with van der Waals surface area (Å²) in [5, 5.41) is 8.77. The standard InChI is InChI=1S/C16H22N2O4/c1-17(12-16(20)21)10-14-11-18(7-8-22-14)15(19)9-13-5-3-2-4-6-13/h2-6,14H,7-12H2,1H3,(H,20,21). The number of hydrogen-bond donors (Lipinski definition) is 1. The fourth-order valence-electron chi connectivity index (χ4n) is 2.58. The van der Waals surface area contributed by atoms with Gasteiger partial charge in [-0.25, -0.2) is 0 Å². The SMILES string of the molecule is CN(CC(=O)O)CC1CN(C(=O)Cc2ccccc2)CCO1. The van der Waals surface area contributed by atoms with Gasteiger partial charge in [0.2, 0.25) is 5.91 Å². The highest BCUT2D eigenvalue weighted by Gasteiger charge is 2.25. The molecule has 1 N–H and O–H groups in total. The van der Waals surface area contributed by atoms with E-state index >= 15 is 0 Å². The predicted molar refractivity (Wildman–Crippen MR) is 81.6 cm³/mol. The minimum atomic E-state index is -0.865. The Hall–Kier alpha value is -1.92. The van der Waals surface area contributed by atoms with Crippen LogP contribution in [0.25, 0.3) is 0 Å². The smallest absolute Gasteiger partial charge is 0.317 e. The molecule has 0 bridgehead atoms. The number of benzene rings is 1. The number of amides is 1. The number of carboxylic acids is 1. The molecule has 1 saturated heterocycles. The van der Waals surface area contributed by atoms with Gasteiger partial charge in [-0.3, -0.25) is 14.5 Å². The molecule has 0 aromatic heterocycles. The van der Waals surface area contributed by atoms with E-state index < -0.39 is 5.97 Å². The predicted octanol–water partition coefficient (Wildman–Crippen LogP) is 0.473. The van der Waals surface area contributed by atoms with Crippen LogP contribution in [0.2, 0.25) is 0 Å². The number of carbonyl (C=O) groups excluding carboxylic acids is 1. The minimum Gasteiger partial charge on any atom is -0.480 e. The van der Waals surface area contributed by atoms with Gasteiger partial charge >= 0.3 is 5.97 Å². The van der Waals surface area contributed by atoms with Crippen molar-refractivity contribution in [1.82, 2.24) is 9.80 Å². The number of carboxylic acid groups (broad SMARTS) is 1. The third-order valence-electron chi connectivity index (χ3n) is 3.61. The zero-order valence-corrected chi connectivity index (χ0v) is 12.8. The first kappa shape index (κ1) is 16.5. The molecule has 1 amide bonds. The number of rotatable bonds is 6. The summed E-state index contributed by atoms with van der Waals surface area (Å²) in [6.45, 7) is 2.06. The molecule has 1 aliphatic heterocycles. The number of aliphatic carboxylic acids is 1. The van der Waals surface area contributed by atoms with Gasteiger partial charge in [-0.1, -0.05) is 30.3 Å². The first-order chi connectivity index (χ1) is 10.5. The van der Waals surface area contributed by atoms with Gasteiger partial charge in [0.15, 0.2) is 0 Å². The lowest BCUT2D eigenvalue weighted by Crippen LogP contribution is -2.50. The average Bonchev–Trinajstić information content (AvgIpc) is 2.47. The molecule has 1 aromatic rings. The first-order valence-corrected chi connectivity index (χ1v) is 7.38. The number of carbonyl (C=O) groups is 2. The summed E-state index contributed by atoms with van der Waals surface area (Å²) in [6, 6.07) is 9.65. The quantitative estimate of drug-likeness (QED) is 0.827. The van der Waals surface area contributed by atoms with Crippen LogP contribution in [0, 0.1) is 0 Å². The van der Waals surface area contributed by atoms with Gasteiger partial charge in [0.1, 0.15) is 0 Å². The Bertz CT molecular complexity index is 506. The van der Waals surface area contributed by atoms with Crippen molar-refractivity contribution in [3.63, 3.8) is 0 Å². The van der Waals surface area contributed by atoms with Crippen LogP contribution in [0.15, 0.2) is 30.3 Å². The van der Waals surface area contributed by atoms with Crippen LogP contribution in [-0.2, 0) is 20.7 Å². The molecule has 120 valence electrons.